The van der Waals surface area contributed by atoms with Crippen LogP contribution in [0.15, 0.2) is 65.8 Å². The second-order valence-electron chi connectivity index (χ2n) is 5.58. The van der Waals surface area contributed by atoms with Crippen molar-refractivity contribution in [1.29, 1.82) is 0 Å². The number of thiazole rings is 1. The maximum absolute atomic E-state index is 4.78. The maximum atomic E-state index is 4.78. The first-order chi connectivity index (χ1) is 11.7. The van der Waals surface area contributed by atoms with E-state index in [0.717, 1.165) is 27.9 Å². The zero-order valence-electron chi connectivity index (χ0n) is 13.5. The molecule has 24 heavy (non-hydrogen) atoms. The van der Waals surface area contributed by atoms with Gasteiger partial charge < -0.3 is 0 Å². The van der Waals surface area contributed by atoms with E-state index in [1.54, 1.807) is 11.3 Å². The van der Waals surface area contributed by atoms with Crippen LogP contribution in [0.5, 0.6) is 0 Å². The molecule has 0 saturated heterocycles. The van der Waals surface area contributed by atoms with E-state index in [4.69, 9.17) is 5.10 Å². The molecular weight excluding hydrogens is 318 g/mol. The summed E-state index contributed by atoms with van der Waals surface area (Å²) in [4.78, 5) is 4.68. The number of hydrogen-bond donors (Lipinski definition) is 1. The first-order valence-electron chi connectivity index (χ1n) is 7.77. The van der Waals surface area contributed by atoms with Gasteiger partial charge in [0.2, 0.25) is 0 Å². The lowest BCUT2D eigenvalue weighted by Crippen LogP contribution is -2.46. The van der Waals surface area contributed by atoms with Crippen LogP contribution in [0.3, 0.4) is 0 Å². The Morgan fingerprint density at radius 3 is 2.25 bits per heavy atom. The minimum atomic E-state index is 0.816. The number of benzene rings is 2. The lowest BCUT2D eigenvalue weighted by atomic mass is 10.2. The number of aromatic amines is 1. The predicted molar refractivity (Wildman–Crippen MR) is 97.9 cm³/mol. The minimum absolute atomic E-state index is 0.816. The standard InChI is InChI=1S/C18H17N5S/c1-13-14(2)24-18(19-13)23-21-17(15-9-5-3-6-10-15)20-22(23)16-11-7-4-8-12-16/h3-12H,1-2H3,(H,20,21)/p+1. The number of nitrogens with zero attached hydrogens (tertiary/aromatic N) is 3. The van der Waals surface area contributed by atoms with Crippen LogP contribution in [0.1, 0.15) is 16.1 Å². The molecule has 4 rings (SSSR count). The van der Waals surface area contributed by atoms with Crippen LogP contribution >= 0.6 is 11.3 Å². The van der Waals surface area contributed by atoms with Crippen LogP contribution in [-0.4, -0.2) is 5.84 Å². The molecule has 0 saturated carbocycles. The van der Waals surface area contributed by atoms with Crippen LogP contribution in [0.4, 0.5) is 10.8 Å². The molecule has 0 fully saturated rings. The van der Waals surface area contributed by atoms with Crippen molar-refractivity contribution in [1.82, 2.24) is 5.43 Å². The van der Waals surface area contributed by atoms with Crippen molar-refractivity contribution in [3.8, 4) is 0 Å². The molecule has 0 radical (unpaired) electrons. The molecule has 0 bridgehead atoms. The number of aryl methyl sites for hydroxylation is 2. The van der Waals surface area contributed by atoms with E-state index in [2.05, 4.69) is 24.3 Å². The Morgan fingerprint density at radius 2 is 1.62 bits per heavy atom. The molecule has 1 aromatic heterocycles. The summed E-state index contributed by atoms with van der Waals surface area (Å²) in [5.41, 5.74) is 6.61. The van der Waals surface area contributed by atoms with Gasteiger partial charge in [0, 0.05) is 5.56 Å². The molecule has 5 nitrogen and oxygen atoms in total. The summed E-state index contributed by atoms with van der Waals surface area (Å²) in [5.74, 6) is 0.816. The number of para-hydroxylation sites is 1. The van der Waals surface area contributed by atoms with E-state index < -0.39 is 0 Å². The van der Waals surface area contributed by atoms with Crippen LogP contribution in [0.2, 0.25) is 0 Å². The number of anilines is 2. The fourth-order valence-corrected chi connectivity index (χ4v) is 3.40. The van der Waals surface area contributed by atoms with Crippen molar-refractivity contribution >= 4 is 28.0 Å². The first kappa shape index (κ1) is 14.7. The molecule has 2 N–H and O–H groups in total. The van der Waals surface area contributed by atoms with Crippen molar-refractivity contribution in [3.05, 3.63) is 76.8 Å². The van der Waals surface area contributed by atoms with Crippen LogP contribution in [0.25, 0.3) is 0 Å². The Kier molecular flexibility index (Phi) is 3.66. The monoisotopic (exact) mass is 336 g/mol. The van der Waals surface area contributed by atoms with Crippen molar-refractivity contribution < 1.29 is 4.98 Å². The average molecular weight is 336 g/mol. The number of amidine groups is 1. The highest BCUT2D eigenvalue weighted by Crippen LogP contribution is 2.27. The highest BCUT2D eigenvalue weighted by Gasteiger charge is 2.35. The molecule has 0 atom stereocenters. The van der Waals surface area contributed by atoms with Gasteiger partial charge in [-0.2, -0.15) is 5.43 Å². The third-order valence-electron chi connectivity index (χ3n) is 3.89. The minimum Gasteiger partial charge on any atom is -0.231 e. The second kappa shape index (κ2) is 5.98. The van der Waals surface area contributed by atoms with Gasteiger partial charge in [-0.15, -0.1) is 5.10 Å². The highest BCUT2D eigenvalue weighted by atomic mass is 32.1. The molecule has 2 aromatic carbocycles. The lowest BCUT2D eigenvalue weighted by molar-refractivity contribution is -0.368. The van der Waals surface area contributed by atoms with E-state index in [9.17, 15) is 0 Å². The number of hydrazone groups is 1. The Bertz CT molecular complexity index is 853. The van der Waals surface area contributed by atoms with Gasteiger partial charge in [0.25, 0.3) is 0 Å². The third kappa shape index (κ3) is 2.61. The molecular formula is C18H18N5S+. The number of hydrazine groups is 2. The molecule has 0 aliphatic carbocycles. The van der Waals surface area contributed by atoms with E-state index >= 15 is 0 Å². The van der Waals surface area contributed by atoms with Crippen molar-refractivity contribution in [2.45, 2.75) is 13.8 Å². The average Bonchev–Trinajstić information content (AvgIpc) is 3.21. The van der Waals surface area contributed by atoms with Crippen molar-refractivity contribution in [3.63, 3.8) is 0 Å². The Hall–Kier alpha value is -2.86. The van der Waals surface area contributed by atoms with Gasteiger partial charge in [0.05, 0.1) is 4.88 Å². The predicted octanol–water partition coefficient (Wildman–Crippen LogP) is 3.29. The molecule has 1 aliphatic heterocycles. The first-order valence-corrected chi connectivity index (χ1v) is 8.59. The van der Waals surface area contributed by atoms with Gasteiger partial charge in [0.1, 0.15) is 11.4 Å². The fourth-order valence-electron chi connectivity index (χ4n) is 2.49. The van der Waals surface area contributed by atoms with Gasteiger partial charge >= 0.3 is 5.13 Å². The molecule has 3 aromatic rings. The maximum Gasteiger partial charge on any atom is 0.384 e. The zero-order chi connectivity index (χ0) is 16.5. The number of rotatable bonds is 3. The second-order valence-corrected chi connectivity index (χ2v) is 6.78. The molecule has 0 unspecified atom stereocenters. The van der Waals surface area contributed by atoms with E-state index in [0.29, 0.717) is 0 Å². The van der Waals surface area contributed by atoms with Gasteiger partial charge in [-0.3, -0.25) is 0 Å². The topological polar surface area (TPSA) is 45.0 Å². The van der Waals surface area contributed by atoms with Gasteiger partial charge in [-0.05, 0) is 42.4 Å². The largest absolute Gasteiger partial charge is 0.384 e. The number of hydrogen-bond acceptors (Lipinski definition) is 5. The quantitative estimate of drug-likeness (QED) is 0.798. The Morgan fingerprint density at radius 1 is 0.958 bits per heavy atom. The lowest BCUT2D eigenvalue weighted by Gasteiger charge is -2.17. The Balaban J connectivity index is 1.76. The summed E-state index contributed by atoms with van der Waals surface area (Å²) in [7, 11) is 0. The van der Waals surface area contributed by atoms with Gasteiger partial charge in [-0.25, -0.2) is 4.98 Å². The third-order valence-corrected chi connectivity index (χ3v) is 4.98. The van der Waals surface area contributed by atoms with Crippen molar-refractivity contribution in [2.24, 2.45) is 5.10 Å². The van der Waals surface area contributed by atoms with Crippen molar-refractivity contribution in [2.75, 3.05) is 10.2 Å². The molecule has 6 heteroatoms. The van der Waals surface area contributed by atoms with E-state index in [-0.39, 0.29) is 0 Å². The summed E-state index contributed by atoms with van der Waals surface area (Å²) in [6.07, 6.45) is 0. The van der Waals surface area contributed by atoms with E-state index in [1.165, 1.54) is 4.88 Å². The summed E-state index contributed by atoms with van der Waals surface area (Å²) < 4.78 is 0. The SMILES string of the molecule is Cc1[nH+]c(N2NC(c3ccccc3)=NN2c2ccccc2)sc1C. The molecule has 120 valence electrons. The molecule has 1 aliphatic rings. The summed E-state index contributed by atoms with van der Waals surface area (Å²) in [5, 5.41) is 9.59. The zero-order valence-corrected chi connectivity index (χ0v) is 14.3. The van der Waals surface area contributed by atoms with E-state index in [1.807, 2.05) is 70.9 Å². The van der Waals surface area contributed by atoms with Crippen LogP contribution in [0, 0.1) is 13.8 Å². The Labute approximate surface area is 144 Å². The molecule has 0 spiro atoms. The smallest absolute Gasteiger partial charge is 0.231 e. The number of nitrogens with one attached hydrogen (secondary N) is 2. The molecule has 2 heterocycles. The van der Waals surface area contributed by atoms with Crippen LogP contribution < -0.4 is 20.6 Å². The number of H-pyrrole nitrogens is 1. The highest BCUT2D eigenvalue weighted by molar-refractivity contribution is 7.15. The summed E-state index contributed by atoms with van der Waals surface area (Å²) >= 11 is 1.70. The summed E-state index contributed by atoms with van der Waals surface area (Å²) in [6.45, 7) is 4.19. The normalized spacial score (nSPS) is 13.8. The van der Waals surface area contributed by atoms with Gasteiger partial charge in [0.15, 0.2) is 5.84 Å². The summed E-state index contributed by atoms with van der Waals surface area (Å²) in [6, 6.07) is 20.2. The van der Waals surface area contributed by atoms with Crippen LogP contribution in [-0.2, 0) is 0 Å². The number of aromatic nitrogens is 1. The van der Waals surface area contributed by atoms with Gasteiger partial charge in [-0.1, -0.05) is 53.6 Å². The fraction of sp³-hybridized carbons (Fsp3) is 0.111. The molecule has 0 amide bonds.